The summed E-state index contributed by atoms with van der Waals surface area (Å²) in [4.78, 5) is 33.6. The average molecular weight is 691 g/mol. The Hall–Kier alpha value is -3.44. The predicted octanol–water partition coefficient (Wildman–Crippen LogP) is 2.91. The number of carboxylic acids is 1. The van der Waals surface area contributed by atoms with Crippen molar-refractivity contribution in [3.63, 3.8) is 0 Å². The van der Waals surface area contributed by atoms with E-state index < -0.39 is 64.4 Å². The van der Waals surface area contributed by atoms with Crippen LogP contribution in [0.5, 0.6) is 0 Å². The fraction of sp³-hybridized carbons (Fsp3) is 0.407. The van der Waals surface area contributed by atoms with Gasteiger partial charge in [-0.05, 0) is 64.1 Å². The summed E-state index contributed by atoms with van der Waals surface area (Å²) >= 11 is 11.1. The third kappa shape index (κ3) is 7.52. The molecule has 0 spiro atoms. The summed E-state index contributed by atoms with van der Waals surface area (Å²) in [6.45, 7) is 4.65. The number of pyridine rings is 1. The molecule has 3 atom stereocenters. The van der Waals surface area contributed by atoms with Gasteiger partial charge in [0.1, 0.15) is 24.0 Å². The molecule has 242 valence electrons. The lowest BCUT2D eigenvalue weighted by Crippen LogP contribution is -2.45. The van der Waals surface area contributed by atoms with Crippen LogP contribution in [-0.2, 0) is 38.8 Å². The highest BCUT2D eigenvalue weighted by atomic mass is 35.5. The molecular weight excluding hydrogens is 662 g/mol. The first-order valence-corrected chi connectivity index (χ1v) is 15.5. The van der Waals surface area contributed by atoms with Crippen LogP contribution in [0.3, 0.4) is 0 Å². The topological polar surface area (TPSA) is 153 Å². The molecule has 0 bridgehead atoms. The van der Waals surface area contributed by atoms with Crippen LogP contribution in [0.1, 0.15) is 39.3 Å². The molecule has 1 aromatic carbocycles. The predicted molar refractivity (Wildman–Crippen MR) is 159 cm³/mol. The monoisotopic (exact) mass is 689 g/mol. The van der Waals surface area contributed by atoms with E-state index in [9.17, 15) is 33.0 Å². The number of hydrogen-bond donors (Lipinski definition) is 1. The normalized spacial score (nSPS) is 15.1. The highest BCUT2D eigenvalue weighted by Crippen LogP contribution is 2.31. The quantitative estimate of drug-likeness (QED) is 0.248. The number of alkyl halides is 3. The minimum Gasteiger partial charge on any atom is -0.547 e. The Bertz CT molecular complexity index is 1750. The number of rotatable bonds is 10. The Balaban J connectivity index is 1.84. The van der Waals surface area contributed by atoms with E-state index in [-0.39, 0.29) is 28.1 Å². The van der Waals surface area contributed by atoms with Crippen LogP contribution in [0, 0.1) is 0 Å². The first-order valence-electron chi connectivity index (χ1n) is 13.1. The van der Waals surface area contributed by atoms with Crippen molar-refractivity contribution in [1.82, 2.24) is 34.1 Å². The minimum absolute atomic E-state index is 0.0270. The third-order valence-corrected chi connectivity index (χ3v) is 9.37. The lowest BCUT2D eigenvalue weighted by atomic mass is 10.1. The summed E-state index contributed by atoms with van der Waals surface area (Å²) < 4.78 is 50.1. The number of carbonyl (C=O) groups excluding carboxylic acids is 1. The number of benzene rings is 1. The summed E-state index contributed by atoms with van der Waals surface area (Å²) in [6.07, 6.45) is -4.32. The molecule has 3 aromatic heterocycles. The van der Waals surface area contributed by atoms with Gasteiger partial charge < -0.3 is 15.0 Å². The van der Waals surface area contributed by atoms with Crippen LogP contribution in [0.2, 0.25) is 10.0 Å². The Labute approximate surface area is 267 Å². The van der Waals surface area contributed by atoms with Gasteiger partial charge in [-0.1, -0.05) is 23.2 Å². The molecule has 0 amide bonds. The van der Waals surface area contributed by atoms with E-state index in [1.165, 1.54) is 42.6 Å². The van der Waals surface area contributed by atoms with Crippen LogP contribution >= 0.6 is 23.2 Å². The number of aromatic nitrogens is 7. The lowest BCUT2D eigenvalue weighted by Gasteiger charge is -2.23. The molecule has 2 unspecified atom stereocenters. The Morgan fingerprint density at radius 3 is 2.31 bits per heavy atom. The number of carboxylic acid groups (broad SMARTS) is 1. The van der Waals surface area contributed by atoms with Crippen molar-refractivity contribution in [2.75, 3.05) is 6.26 Å². The number of aliphatic carboxylic acids is 1. The molecule has 18 heteroatoms. The van der Waals surface area contributed by atoms with Crippen molar-refractivity contribution in [1.29, 1.82) is 0 Å². The number of hydrogen-bond acceptors (Lipinski definition) is 9. The molecule has 0 saturated heterocycles. The van der Waals surface area contributed by atoms with Gasteiger partial charge in [0.2, 0.25) is 6.10 Å². The molecule has 0 fully saturated rings. The average Bonchev–Trinajstić information content (AvgIpc) is 3.49. The fourth-order valence-corrected chi connectivity index (χ4v) is 4.97. The molecule has 4 rings (SSSR count). The number of carbonyl (C=O) groups is 1. The first-order chi connectivity index (χ1) is 20.8. The van der Waals surface area contributed by atoms with E-state index in [1.54, 1.807) is 27.0 Å². The second kappa shape index (κ2) is 12.7. The molecule has 0 aliphatic carbocycles. The second-order valence-electron chi connectivity index (χ2n) is 11.0. The summed E-state index contributed by atoms with van der Waals surface area (Å²) in [5, 5.41) is 31.3. The maximum absolute atomic E-state index is 14.2. The Kier molecular flexibility index (Phi) is 9.76. The molecule has 3 heterocycles. The standard InChI is InChI=1S/C27H28Cl2F3N7O5S/c1-25(2,3)45(5)44-18(27(30,31)32)13-37-20(15-8-10-16(28)11-9-15)36-38(24(37)42)14-19-34-22(26(4,43)23(40)41)39(35-19)21-17(29)7-6-12-33-21/h6-12,18,43H,13-14H2,1-5H3/t18-,26?,45?/m0/s1. The van der Waals surface area contributed by atoms with Crippen molar-refractivity contribution >= 4 is 40.3 Å². The highest BCUT2D eigenvalue weighted by Gasteiger charge is 2.49. The van der Waals surface area contributed by atoms with Crippen LogP contribution in [0.25, 0.3) is 17.2 Å². The largest absolute Gasteiger partial charge is 0.547 e. The SMILES string of the molecule is C[S+](O[C@@H](Cn1c(-c2ccc(Cl)cc2)nn(Cc2nc(C(C)(O)C(=O)[O-])n(-c3ncccc3Cl)n2)c1=O)C(F)(F)F)C(C)(C)C. The van der Waals surface area contributed by atoms with Crippen molar-refractivity contribution in [3.8, 4) is 17.2 Å². The zero-order chi connectivity index (χ0) is 33.5. The van der Waals surface area contributed by atoms with E-state index in [0.29, 0.717) is 5.02 Å². The minimum atomic E-state index is -4.83. The van der Waals surface area contributed by atoms with Gasteiger partial charge in [0.25, 0.3) is 0 Å². The number of aliphatic hydroxyl groups is 1. The van der Waals surface area contributed by atoms with E-state index in [0.717, 1.165) is 20.9 Å². The Morgan fingerprint density at radius 2 is 1.76 bits per heavy atom. The third-order valence-electron chi connectivity index (χ3n) is 6.58. The molecule has 0 saturated carbocycles. The molecule has 0 radical (unpaired) electrons. The van der Waals surface area contributed by atoms with Gasteiger partial charge in [0.05, 0.1) is 17.5 Å². The molecular formula is C27H28Cl2F3N7O5S. The van der Waals surface area contributed by atoms with Gasteiger partial charge in [-0.2, -0.15) is 22.0 Å². The van der Waals surface area contributed by atoms with Gasteiger partial charge >= 0.3 is 11.9 Å². The molecule has 1 N–H and O–H groups in total. The van der Waals surface area contributed by atoms with E-state index in [2.05, 4.69) is 20.2 Å². The summed E-state index contributed by atoms with van der Waals surface area (Å²) in [6, 6.07) is 8.89. The van der Waals surface area contributed by atoms with Gasteiger partial charge in [-0.25, -0.2) is 19.4 Å². The maximum Gasteiger partial charge on any atom is 0.421 e. The second-order valence-corrected chi connectivity index (χ2v) is 14.2. The summed E-state index contributed by atoms with van der Waals surface area (Å²) in [5.74, 6) is -2.92. The van der Waals surface area contributed by atoms with Gasteiger partial charge in [-0.3, -0.25) is 4.57 Å². The van der Waals surface area contributed by atoms with Crippen LogP contribution in [0.4, 0.5) is 13.2 Å². The van der Waals surface area contributed by atoms with Crippen LogP contribution in [0.15, 0.2) is 47.4 Å². The van der Waals surface area contributed by atoms with Gasteiger partial charge in [0, 0.05) is 16.8 Å². The molecule has 0 aliphatic rings. The van der Waals surface area contributed by atoms with Crippen molar-refractivity contribution in [2.24, 2.45) is 0 Å². The number of halogens is 5. The van der Waals surface area contributed by atoms with Crippen LogP contribution in [-0.4, -0.2) is 68.5 Å². The molecule has 12 nitrogen and oxygen atoms in total. The van der Waals surface area contributed by atoms with E-state index in [4.69, 9.17) is 27.4 Å². The van der Waals surface area contributed by atoms with E-state index >= 15 is 0 Å². The smallest absolute Gasteiger partial charge is 0.421 e. The van der Waals surface area contributed by atoms with Crippen molar-refractivity contribution in [2.45, 2.75) is 63.4 Å². The van der Waals surface area contributed by atoms with Crippen LogP contribution < -0.4 is 10.8 Å². The molecule has 4 aromatic rings. The van der Waals surface area contributed by atoms with Gasteiger partial charge in [0.15, 0.2) is 33.6 Å². The zero-order valence-corrected chi connectivity index (χ0v) is 26.9. The van der Waals surface area contributed by atoms with E-state index in [1.807, 2.05) is 0 Å². The van der Waals surface area contributed by atoms with Crippen molar-refractivity contribution < 1.29 is 32.4 Å². The lowest BCUT2D eigenvalue weighted by molar-refractivity contribution is -0.325. The summed E-state index contributed by atoms with van der Waals surface area (Å²) in [5.41, 5.74) is -3.38. The highest BCUT2D eigenvalue weighted by molar-refractivity contribution is 7.93. The first kappa shape index (κ1) is 34.4. The van der Waals surface area contributed by atoms with Gasteiger partial charge in [-0.15, -0.1) is 10.2 Å². The molecule has 0 aliphatic heterocycles. The zero-order valence-electron chi connectivity index (χ0n) is 24.5. The molecule has 45 heavy (non-hydrogen) atoms. The van der Waals surface area contributed by atoms with Crippen molar-refractivity contribution in [3.05, 3.63) is 74.8 Å². The number of nitrogens with zero attached hydrogens (tertiary/aromatic N) is 7. The Morgan fingerprint density at radius 1 is 1.11 bits per heavy atom. The summed E-state index contributed by atoms with van der Waals surface area (Å²) in [7, 11) is 0. The maximum atomic E-state index is 14.2. The fourth-order valence-electron chi connectivity index (χ4n) is 3.84.